The monoisotopic (exact) mass is 396 g/mol. The molecule has 0 bridgehead atoms. The fourth-order valence-corrected chi connectivity index (χ4v) is 4.07. The molecule has 3 N–H and O–H groups in total. The Labute approximate surface area is 169 Å². The average Bonchev–Trinajstić information content (AvgIpc) is 2.77. The van der Waals surface area contributed by atoms with Gasteiger partial charge < -0.3 is 15.6 Å². The molecule has 1 heterocycles. The van der Waals surface area contributed by atoms with Crippen LogP contribution in [0.15, 0.2) is 70.3 Å². The molecule has 146 valence electrons. The van der Waals surface area contributed by atoms with E-state index >= 15 is 0 Å². The maximum Gasteiger partial charge on any atom is 0.282 e. The molecule has 1 aliphatic carbocycles. The van der Waals surface area contributed by atoms with E-state index in [1.807, 2.05) is 6.07 Å². The van der Waals surface area contributed by atoms with E-state index in [1.54, 1.807) is 48.5 Å². The molecule has 0 aromatic heterocycles. The maximum absolute atomic E-state index is 13.3. The van der Waals surface area contributed by atoms with Crippen molar-refractivity contribution in [2.45, 2.75) is 0 Å². The molecule has 5 rings (SSSR count). The van der Waals surface area contributed by atoms with Crippen LogP contribution < -0.4 is 26.7 Å². The minimum Gasteiger partial charge on any atom is -0.506 e. The summed E-state index contributed by atoms with van der Waals surface area (Å²) in [6, 6.07) is 17.2. The van der Waals surface area contributed by atoms with Crippen molar-refractivity contribution >= 4 is 33.1 Å². The Morgan fingerprint density at radius 1 is 0.967 bits per heavy atom. The van der Waals surface area contributed by atoms with Gasteiger partial charge in [-0.3, -0.25) is 9.59 Å². The first kappa shape index (κ1) is 17.9. The van der Waals surface area contributed by atoms with Gasteiger partial charge >= 0.3 is 0 Å². The van der Waals surface area contributed by atoms with E-state index in [2.05, 4.69) is 4.98 Å². The first-order valence-electron chi connectivity index (χ1n) is 9.30. The Hall–Kier alpha value is -4.19. The predicted octanol–water partition coefficient (Wildman–Crippen LogP) is 2.30. The number of aliphatic hydroxyl groups excluding tert-OH is 1. The van der Waals surface area contributed by atoms with Crippen molar-refractivity contribution in [3.63, 3.8) is 0 Å². The highest BCUT2D eigenvalue weighted by atomic mass is 16.5. The second-order valence-corrected chi connectivity index (χ2v) is 7.02. The SMILES string of the molecule is COc1cc(N)c2c3c1nc(=O)/c(=C(\O)c1ccccc1)c=3c1ccccc1c2=O. The molecule has 0 radical (unpaired) electrons. The topological polar surface area (TPSA) is 103 Å². The number of aliphatic hydroxyl groups is 1. The van der Waals surface area contributed by atoms with Gasteiger partial charge in [0.05, 0.1) is 17.7 Å². The standard InChI is InChI=1S/C24H16N2O4/c1-30-16-11-15(25)18-19-17(13-9-5-6-10-14(13)23(18)28)20(24(29)26-21(16)19)22(27)12-7-3-2-4-8-12/h2-11,27H,25H2,1H3/b22-20-. The third-order valence-electron chi connectivity index (χ3n) is 5.39. The van der Waals surface area contributed by atoms with Crippen molar-refractivity contribution in [3.8, 4) is 5.75 Å². The van der Waals surface area contributed by atoms with Crippen LogP contribution in [0, 0.1) is 10.4 Å². The summed E-state index contributed by atoms with van der Waals surface area (Å²) >= 11 is 0. The van der Waals surface area contributed by atoms with Gasteiger partial charge in [0.1, 0.15) is 17.0 Å². The van der Waals surface area contributed by atoms with Gasteiger partial charge in [0.25, 0.3) is 5.56 Å². The van der Waals surface area contributed by atoms with E-state index in [9.17, 15) is 14.7 Å². The lowest BCUT2D eigenvalue weighted by Gasteiger charge is -2.12. The van der Waals surface area contributed by atoms with Crippen molar-refractivity contribution in [1.29, 1.82) is 0 Å². The van der Waals surface area contributed by atoms with Crippen LogP contribution in [0.5, 0.6) is 5.75 Å². The van der Waals surface area contributed by atoms with E-state index in [4.69, 9.17) is 10.5 Å². The lowest BCUT2D eigenvalue weighted by atomic mass is 9.96. The second-order valence-electron chi connectivity index (χ2n) is 7.02. The Balaban J connectivity index is 2.28. The van der Waals surface area contributed by atoms with Crippen molar-refractivity contribution in [2.24, 2.45) is 0 Å². The molecule has 6 nitrogen and oxygen atoms in total. The van der Waals surface area contributed by atoms with Gasteiger partial charge in [-0.15, -0.1) is 0 Å². The first-order chi connectivity index (χ1) is 14.5. The number of nitrogen functional groups attached to an aromatic ring is 1. The predicted molar refractivity (Wildman–Crippen MR) is 116 cm³/mol. The molecule has 0 unspecified atom stereocenters. The number of rotatable bonds is 2. The van der Waals surface area contributed by atoms with Crippen LogP contribution in [0.4, 0.5) is 5.69 Å². The van der Waals surface area contributed by atoms with E-state index in [-0.39, 0.29) is 33.0 Å². The normalized spacial score (nSPS) is 12.6. The van der Waals surface area contributed by atoms with Crippen molar-refractivity contribution in [2.75, 3.05) is 12.8 Å². The molecule has 1 aliphatic heterocycles. The molecule has 30 heavy (non-hydrogen) atoms. The number of nitrogens with two attached hydrogens (primary N) is 1. The Bertz CT molecular complexity index is 1680. The van der Waals surface area contributed by atoms with Gasteiger partial charge in [-0.1, -0.05) is 54.6 Å². The summed E-state index contributed by atoms with van der Waals surface area (Å²) in [5, 5.41) is 13.2. The molecule has 0 amide bonds. The lowest BCUT2D eigenvalue weighted by Crippen LogP contribution is -2.33. The number of aromatic nitrogens is 1. The quantitative estimate of drug-likeness (QED) is 0.444. The highest BCUT2D eigenvalue weighted by Gasteiger charge is 2.19. The van der Waals surface area contributed by atoms with E-state index < -0.39 is 5.56 Å². The average molecular weight is 396 g/mol. The summed E-state index contributed by atoms with van der Waals surface area (Å²) in [6.07, 6.45) is 0. The molecule has 3 aromatic carbocycles. The van der Waals surface area contributed by atoms with Gasteiger partial charge in [-0.05, 0) is 5.39 Å². The number of anilines is 1. The number of benzene rings is 3. The van der Waals surface area contributed by atoms with Crippen LogP contribution in [0.25, 0.3) is 27.4 Å². The molecular formula is C24H16N2O4. The summed E-state index contributed by atoms with van der Waals surface area (Å²) in [5.74, 6) is 0.0871. The molecule has 0 saturated heterocycles. The van der Waals surface area contributed by atoms with Gasteiger partial charge in [-0.25, -0.2) is 4.98 Å². The molecule has 0 saturated carbocycles. The summed E-state index contributed by atoms with van der Waals surface area (Å²) in [4.78, 5) is 30.6. The Morgan fingerprint density at radius 3 is 2.33 bits per heavy atom. The number of hydrogen-bond acceptors (Lipinski definition) is 6. The van der Waals surface area contributed by atoms with Crippen LogP contribution in [0.2, 0.25) is 0 Å². The third kappa shape index (κ3) is 2.34. The largest absolute Gasteiger partial charge is 0.506 e. The van der Waals surface area contributed by atoms with E-state index in [0.717, 1.165) is 0 Å². The van der Waals surface area contributed by atoms with Crippen LogP contribution in [-0.4, -0.2) is 17.2 Å². The zero-order valence-electron chi connectivity index (χ0n) is 16.0. The van der Waals surface area contributed by atoms with Gasteiger partial charge in [-0.2, -0.15) is 0 Å². The molecule has 6 heteroatoms. The molecule has 0 spiro atoms. The molecule has 2 aliphatic rings. The summed E-state index contributed by atoms with van der Waals surface area (Å²) in [7, 11) is 1.45. The van der Waals surface area contributed by atoms with Gasteiger partial charge in [0, 0.05) is 33.1 Å². The van der Waals surface area contributed by atoms with Gasteiger partial charge in [0.2, 0.25) is 0 Å². The fourth-order valence-electron chi connectivity index (χ4n) is 4.07. The Morgan fingerprint density at radius 2 is 1.63 bits per heavy atom. The van der Waals surface area contributed by atoms with Gasteiger partial charge in [0.15, 0.2) is 5.43 Å². The lowest BCUT2D eigenvalue weighted by molar-refractivity contribution is 0.418. The number of fused-ring (bicyclic) bond motifs is 2. The van der Waals surface area contributed by atoms with E-state index in [0.29, 0.717) is 32.5 Å². The van der Waals surface area contributed by atoms with Crippen molar-refractivity contribution in [1.82, 2.24) is 4.98 Å². The fraction of sp³-hybridized carbons (Fsp3) is 0.0417. The molecular weight excluding hydrogens is 380 g/mol. The van der Waals surface area contributed by atoms with Crippen LogP contribution in [0.1, 0.15) is 5.56 Å². The highest BCUT2D eigenvalue weighted by Crippen LogP contribution is 2.29. The van der Waals surface area contributed by atoms with Crippen LogP contribution in [-0.2, 0) is 0 Å². The first-order valence-corrected chi connectivity index (χ1v) is 9.30. The minimum absolute atomic E-state index is 0.0301. The number of ether oxygens (including phenoxy) is 1. The summed E-state index contributed by atoms with van der Waals surface area (Å²) in [6.45, 7) is 0. The number of methoxy groups -OCH3 is 1. The second kappa shape index (κ2) is 6.42. The molecule has 0 fully saturated rings. The highest BCUT2D eigenvalue weighted by molar-refractivity contribution is 5.96. The number of nitrogens with zero attached hydrogens (tertiary/aromatic N) is 1. The smallest absolute Gasteiger partial charge is 0.282 e. The minimum atomic E-state index is -0.614. The summed E-state index contributed by atoms with van der Waals surface area (Å²) in [5.41, 5.74) is 6.30. The number of hydrogen-bond donors (Lipinski definition) is 2. The van der Waals surface area contributed by atoms with Crippen LogP contribution in [0.3, 0.4) is 0 Å². The van der Waals surface area contributed by atoms with E-state index in [1.165, 1.54) is 13.2 Å². The third-order valence-corrected chi connectivity index (χ3v) is 5.39. The van der Waals surface area contributed by atoms with Crippen molar-refractivity contribution < 1.29 is 9.84 Å². The molecule has 0 atom stereocenters. The van der Waals surface area contributed by atoms with Crippen LogP contribution >= 0.6 is 0 Å². The molecule has 3 aromatic rings. The summed E-state index contributed by atoms with van der Waals surface area (Å²) < 4.78 is 5.39. The Kier molecular flexibility index (Phi) is 3.83. The zero-order valence-corrected chi connectivity index (χ0v) is 16.0. The van der Waals surface area contributed by atoms with Crippen molar-refractivity contribution in [3.05, 3.63) is 102 Å². The maximum atomic E-state index is 13.3. The zero-order chi connectivity index (χ0) is 21.0.